The van der Waals surface area contributed by atoms with Gasteiger partial charge in [0.25, 0.3) is 0 Å². The Morgan fingerprint density at radius 2 is 1.76 bits per heavy atom. The summed E-state index contributed by atoms with van der Waals surface area (Å²) in [5.74, 6) is 4.04. The summed E-state index contributed by atoms with van der Waals surface area (Å²) in [5.41, 5.74) is 1.64. The second-order valence-electron chi connectivity index (χ2n) is 8.53. The maximum Gasteiger partial charge on any atom is 0.240 e. The molecule has 4 aliphatic carbocycles. The smallest absolute Gasteiger partial charge is 0.240 e. The summed E-state index contributed by atoms with van der Waals surface area (Å²) in [6, 6.07) is 0.838. The van der Waals surface area contributed by atoms with E-state index in [2.05, 4.69) is 25.3 Å². The van der Waals surface area contributed by atoms with Crippen molar-refractivity contribution in [3.8, 4) is 0 Å². The highest BCUT2D eigenvalue weighted by Gasteiger charge is 2.50. The fourth-order valence-electron chi connectivity index (χ4n) is 6.30. The van der Waals surface area contributed by atoms with Gasteiger partial charge in [-0.25, -0.2) is 0 Å². The predicted octanol–water partition coefficient (Wildman–Crippen LogP) is 1.92. The van der Waals surface area contributed by atoms with E-state index in [1.807, 2.05) is 0 Å². The number of hydrogen-bond acceptors (Lipinski definition) is 6. The van der Waals surface area contributed by atoms with Crippen LogP contribution in [0.25, 0.3) is 0 Å². The topological polar surface area (TPSA) is 61.4 Å². The Kier molecular flexibility index (Phi) is 4.26. The van der Waals surface area contributed by atoms with Gasteiger partial charge in [0.2, 0.25) is 11.0 Å². The first-order valence-corrected chi connectivity index (χ1v) is 10.6. The maximum atomic E-state index is 12.1. The zero-order valence-corrected chi connectivity index (χ0v) is 15.5. The minimum absolute atomic E-state index is 0.0276. The van der Waals surface area contributed by atoms with Crippen molar-refractivity contribution < 1.29 is 4.79 Å². The monoisotopic (exact) mass is 361 g/mol. The van der Waals surface area contributed by atoms with E-state index in [1.54, 1.807) is 5.51 Å². The molecule has 1 saturated heterocycles. The molecule has 6 nitrogen and oxygen atoms in total. The SMILES string of the molecule is O=C(CN1CCN(C2C3CC4CC(C3)CC2C4)CC1)Nc1nncs1. The lowest BCUT2D eigenvalue weighted by Gasteiger charge is -2.58. The third kappa shape index (κ3) is 3.22. The van der Waals surface area contributed by atoms with Gasteiger partial charge in [-0.3, -0.25) is 19.9 Å². The average Bonchev–Trinajstić information content (AvgIpc) is 3.08. The Hall–Kier alpha value is -1.05. The predicted molar refractivity (Wildman–Crippen MR) is 97.4 cm³/mol. The van der Waals surface area contributed by atoms with Crippen LogP contribution in [0.5, 0.6) is 0 Å². The third-order valence-electron chi connectivity index (χ3n) is 6.98. The summed E-state index contributed by atoms with van der Waals surface area (Å²) in [6.45, 7) is 4.73. The molecule has 136 valence electrons. The van der Waals surface area contributed by atoms with Crippen LogP contribution in [0.2, 0.25) is 0 Å². The highest BCUT2D eigenvalue weighted by atomic mass is 32.1. The first-order chi connectivity index (χ1) is 12.2. The van der Waals surface area contributed by atoms with Crippen molar-refractivity contribution in [2.24, 2.45) is 23.7 Å². The number of aromatic nitrogens is 2. The van der Waals surface area contributed by atoms with Gasteiger partial charge in [-0.2, -0.15) is 0 Å². The lowest BCUT2D eigenvalue weighted by molar-refractivity contribution is -0.118. The van der Waals surface area contributed by atoms with E-state index in [0.29, 0.717) is 11.7 Å². The minimum Gasteiger partial charge on any atom is -0.299 e. The largest absolute Gasteiger partial charge is 0.299 e. The van der Waals surface area contributed by atoms with E-state index >= 15 is 0 Å². The summed E-state index contributed by atoms with van der Waals surface area (Å²) >= 11 is 1.36. The molecule has 0 spiro atoms. The van der Waals surface area contributed by atoms with Crippen LogP contribution in [-0.2, 0) is 4.79 Å². The van der Waals surface area contributed by atoms with Crippen molar-refractivity contribution in [2.75, 3.05) is 38.0 Å². The molecule has 1 aliphatic heterocycles. The zero-order valence-electron chi connectivity index (χ0n) is 14.6. The van der Waals surface area contributed by atoms with E-state index in [4.69, 9.17) is 0 Å². The van der Waals surface area contributed by atoms with Crippen LogP contribution in [0.1, 0.15) is 32.1 Å². The summed E-state index contributed by atoms with van der Waals surface area (Å²) in [4.78, 5) is 17.2. The number of carbonyl (C=O) groups excluding carboxylic acids is 1. The zero-order chi connectivity index (χ0) is 16.8. The second kappa shape index (κ2) is 6.59. The molecule has 1 aromatic heterocycles. The molecule has 2 heterocycles. The lowest BCUT2D eigenvalue weighted by atomic mass is 9.54. The van der Waals surface area contributed by atoms with Crippen LogP contribution in [0.15, 0.2) is 5.51 Å². The molecule has 7 heteroatoms. The maximum absolute atomic E-state index is 12.1. The van der Waals surface area contributed by atoms with Crippen LogP contribution >= 0.6 is 11.3 Å². The quantitative estimate of drug-likeness (QED) is 0.888. The van der Waals surface area contributed by atoms with Gasteiger partial charge in [-0.1, -0.05) is 11.3 Å². The number of hydrogen-bond donors (Lipinski definition) is 1. The minimum atomic E-state index is 0.0276. The van der Waals surface area contributed by atoms with Crippen molar-refractivity contribution in [3.63, 3.8) is 0 Å². The second-order valence-corrected chi connectivity index (χ2v) is 9.36. The van der Waals surface area contributed by atoms with E-state index < -0.39 is 0 Å². The van der Waals surface area contributed by atoms with Crippen molar-refractivity contribution >= 4 is 22.4 Å². The fraction of sp³-hybridized carbons (Fsp3) is 0.833. The van der Waals surface area contributed by atoms with Gasteiger partial charge < -0.3 is 0 Å². The Morgan fingerprint density at radius 3 is 2.36 bits per heavy atom. The molecule has 1 N–H and O–H groups in total. The van der Waals surface area contributed by atoms with Gasteiger partial charge in [0, 0.05) is 32.2 Å². The number of anilines is 1. The van der Waals surface area contributed by atoms with Crippen molar-refractivity contribution in [3.05, 3.63) is 5.51 Å². The molecule has 0 atom stereocenters. The number of carbonyl (C=O) groups is 1. The highest BCUT2D eigenvalue weighted by Crippen LogP contribution is 2.55. The molecule has 1 amide bonds. The molecule has 4 saturated carbocycles. The molecule has 25 heavy (non-hydrogen) atoms. The third-order valence-corrected chi connectivity index (χ3v) is 7.59. The molecular formula is C18H27N5OS. The van der Waals surface area contributed by atoms with Gasteiger partial charge in [-0.15, -0.1) is 10.2 Å². The first-order valence-electron chi connectivity index (χ1n) is 9.77. The Morgan fingerprint density at radius 1 is 1.08 bits per heavy atom. The Labute approximate surface area is 153 Å². The van der Waals surface area contributed by atoms with Crippen LogP contribution in [-0.4, -0.2) is 64.7 Å². The summed E-state index contributed by atoms with van der Waals surface area (Å²) < 4.78 is 0. The van der Waals surface area contributed by atoms with E-state index in [-0.39, 0.29) is 5.91 Å². The molecule has 5 fully saturated rings. The van der Waals surface area contributed by atoms with Crippen LogP contribution in [0, 0.1) is 23.7 Å². The van der Waals surface area contributed by atoms with Crippen LogP contribution < -0.4 is 5.32 Å². The number of nitrogens with zero attached hydrogens (tertiary/aromatic N) is 4. The Bertz CT molecular complexity index is 585. The molecule has 0 unspecified atom stereocenters. The van der Waals surface area contributed by atoms with E-state index in [1.165, 1.54) is 43.4 Å². The summed E-state index contributed by atoms with van der Waals surface area (Å²) in [6.07, 6.45) is 7.48. The number of amides is 1. The standard InChI is InChI=1S/C18H27N5OS/c24-16(20-18-21-19-11-25-18)10-22-1-3-23(4-2-22)17-14-6-12-5-13(8-14)9-15(17)7-12/h11-15,17H,1-10H2,(H,20,21,24). The van der Waals surface area contributed by atoms with Crippen molar-refractivity contribution in [1.82, 2.24) is 20.0 Å². The van der Waals surface area contributed by atoms with Gasteiger partial charge in [0.05, 0.1) is 6.54 Å². The normalized spacial score (nSPS) is 38.2. The summed E-state index contributed by atoms with van der Waals surface area (Å²) in [5, 5.41) is 11.1. The molecule has 0 aromatic carbocycles. The Balaban J connectivity index is 1.13. The molecule has 6 rings (SSSR count). The summed E-state index contributed by atoms with van der Waals surface area (Å²) in [7, 11) is 0. The van der Waals surface area contributed by atoms with Gasteiger partial charge in [0.1, 0.15) is 5.51 Å². The van der Waals surface area contributed by atoms with E-state index in [9.17, 15) is 4.79 Å². The number of rotatable bonds is 4. The first kappa shape index (κ1) is 16.1. The average molecular weight is 362 g/mol. The number of piperazine rings is 1. The van der Waals surface area contributed by atoms with Gasteiger partial charge in [-0.05, 0) is 55.8 Å². The van der Waals surface area contributed by atoms with Crippen molar-refractivity contribution in [1.29, 1.82) is 0 Å². The fourth-order valence-corrected chi connectivity index (χ4v) is 6.76. The highest BCUT2D eigenvalue weighted by molar-refractivity contribution is 7.13. The van der Waals surface area contributed by atoms with Crippen LogP contribution in [0.4, 0.5) is 5.13 Å². The van der Waals surface area contributed by atoms with Crippen molar-refractivity contribution in [2.45, 2.75) is 38.1 Å². The molecule has 5 aliphatic rings. The van der Waals surface area contributed by atoms with Gasteiger partial charge >= 0.3 is 0 Å². The lowest BCUT2D eigenvalue weighted by Crippen LogP contribution is -2.60. The van der Waals surface area contributed by atoms with E-state index in [0.717, 1.165) is 55.9 Å². The molecule has 0 radical (unpaired) electrons. The van der Waals surface area contributed by atoms with Gasteiger partial charge in [0.15, 0.2) is 0 Å². The molecular weight excluding hydrogens is 334 g/mol. The molecule has 4 bridgehead atoms. The number of nitrogens with one attached hydrogen (secondary N) is 1. The molecule has 1 aromatic rings. The van der Waals surface area contributed by atoms with Crippen LogP contribution in [0.3, 0.4) is 0 Å².